The van der Waals surface area contributed by atoms with E-state index in [0.717, 1.165) is 25.7 Å². The Labute approximate surface area is 118 Å². The number of carbonyl (C=O) groups excluding carboxylic acids is 1. The summed E-state index contributed by atoms with van der Waals surface area (Å²) in [6, 6.07) is 0.226. The maximum atomic E-state index is 12.0. The van der Waals surface area contributed by atoms with Crippen molar-refractivity contribution in [2.24, 2.45) is 5.92 Å². The molecule has 6 heteroatoms. The summed E-state index contributed by atoms with van der Waals surface area (Å²) in [5.74, 6) is -0.201. The lowest BCUT2D eigenvalue weighted by molar-refractivity contribution is -0.149. The van der Waals surface area contributed by atoms with Gasteiger partial charge in [0.05, 0.1) is 12.5 Å². The molecule has 1 saturated carbocycles. The van der Waals surface area contributed by atoms with E-state index >= 15 is 0 Å². The molecule has 1 fully saturated rings. The van der Waals surface area contributed by atoms with Gasteiger partial charge in [-0.25, -0.2) is 0 Å². The Morgan fingerprint density at radius 3 is 2.70 bits per heavy atom. The summed E-state index contributed by atoms with van der Waals surface area (Å²) in [4.78, 5) is 11.7. The summed E-state index contributed by atoms with van der Waals surface area (Å²) in [5.41, 5.74) is 0. The largest absolute Gasteiger partial charge is 0.466 e. The molecule has 0 radical (unpaired) electrons. The summed E-state index contributed by atoms with van der Waals surface area (Å²) >= 11 is 0. The van der Waals surface area contributed by atoms with Crippen LogP contribution in [0.5, 0.6) is 0 Å². The number of unbranched alkanes of at least 4 members (excludes halogenated alkanes) is 1. The SMILES string of the molecule is CCOC(=O)C1CCCC(NCCCCC(F)(F)F)C1. The average molecular weight is 295 g/mol. The van der Waals surface area contributed by atoms with E-state index in [1.807, 2.05) is 0 Å². The van der Waals surface area contributed by atoms with Crippen LogP contribution in [0.4, 0.5) is 13.2 Å². The first-order valence-electron chi connectivity index (χ1n) is 7.39. The van der Waals surface area contributed by atoms with E-state index in [1.54, 1.807) is 6.92 Å². The molecule has 2 unspecified atom stereocenters. The van der Waals surface area contributed by atoms with Crippen molar-refractivity contribution in [1.82, 2.24) is 5.32 Å². The molecule has 2 atom stereocenters. The van der Waals surface area contributed by atoms with Crippen molar-refractivity contribution in [3.8, 4) is 0 Å². The minimum Gasteiger partial charge on any atom is -0.466 e. The van der Waals surface area contributed by atoms with Crippen molar-refractivity contribution < 1.29 is 22.7 Å². The van der Waals surface area contributed by atoms with E-state index < -0.39 is 12.6 Å². The van der Waals surface area contributed by atoms with Gasteiger partial charge in [0, 0.05) is 12.5 Å². The highest BCUT2D eigenvalue weighted by atomic mass is 19.4. The first-order chi connectivity index (χ1) is 9.42. The van der Waals surface area contributed by atoms with Crippen LogP contribution in [0, 0.1) is 5.92 Å². The van der Waals surface area contributed by atoms with Crippen LogP contribution in [0.2, 0.25) is 0 Å². The molecule has 20 heavy (non-hydrogen) atoms. The molecule has 118 valence electrons. The third-order valence-corrected chi connectivity index (χ3v) is 3.61. The smallest absolute Gasteiger partial charge is 0.389 e. The molecule has 0 aliphatic heterocycles. The monoisotopic (exact) mass is 295 g/mol. The van der Waals surface area contributed by atoms with Gasteiger partial charge in [-0.05, 0) is 45.6 Å². The van der Waals surface area contributed by atoms with Crippen LogP contribution in [-0.4, -0.2) is 31.3 Å². The molecule has 1 rings (SSSR count). The molecular weight excluding hydrogens is 271 g/mol. The topological polar surface area (TPSA) is 38.3 Å². The van der Waals surface area contributed by atoms with E-state index in [4.69, 9.17) is 4.74 Å². The lowest BCUT2D eigenvalue weighted by Gasteiger charge is -2.28. The number of esters is 1. The van der Waals surface area contributed by atoms with Gasteiger partial charge in [0.2, 0.25) is 0 Å². The third kappa shape index (κ3) is 7.12. The Kier molecular flexibility index (Phi) is 7.34. The standard InChI is InChI=1S/C14H24F3NO2/c1-2-20-13(19)11-6-5-7-12(10-11)18-9-4-3-8-14(15,16)17/h11-12,18H,2-10H2,1H3. The molecule has 0 aromatic heterocycles. The predicted octanol–water partition coefficient (Wildman–Crippen LogP) is 3.43. The molecule has 1 aliphatic rings. The predicted molar refractivity (Wildman–Crippen MR) is 70.3 cm³/mol. The number of ether oxygens (including phenoxy) is 1. The quantitative estimate of drug-likeness (QED) is 0.577. The number of hydrogen-bond acceptors (Lipinski definition) is 3. The van der Waals surface area contributed by atoms with Gasteiger partial charge >= 0.3 is 12.1 Å². The fourth-order valence-corrected chi connectivity index (χ4v) is 2.61. The van der Waals surface area contributed by atoms with E-state index in [9.17, 15) is 18.0 Å². The van der Waals surface area contributed by atoms with Gasteiger partial charge in [0.1, 0.15) is 0 Å². The fraction of sp³-hybridized carbons (Fsp3) is 0.929. The summed E-state index contributed by atoms with van der Waals surface area (Å²) < 4.78 is 41.0. The number of carbonyl (C=O) groups is 1. The van der Waals surface area contributed by atoms with Gasteiger partial charge in [-0.1, -0.05) is 6.42 Å². The Balaban J connectivity index is 2.16. The highest BCUT2D eigenvalue weighted by Crippen LogP contribution is 2.26. The second-order valence-electron chi connectivity index (χ2n) is 5.34. The number of halogens is 3. The number of alkyl halides is 3. The van der Waals surface area contributed by atoms with Gasteiger partial charge in [-0.15, -0.1) is 0 Å². The van der Waals surface area contributed by atoms with E-state index in [-0.39, 0.29) is 24.3 Å². The van der Waals surface area contributed by atoms with Gasteiger partial charge in [0.15, 0.2) is 0 Å². The first-order valence-corrected chi connectivity index (χ1v) is 7.39. The molecule has 0 heterocycles. The second kappa shape index (κ2) is 8.49. The molecule has 0 saturated heterocycles. The Hall–Kier alpha value is -0.780. The van der Waals surface area contributed by atoms with Crippen LogP contribution in [0.3, 0.4) is 0 Å². The maximum absolute atomic E-state index is 12.0. The normalized spacial score (nSPS) is 23.6. The summed E-state index contributed by atoms with van der Waals surface area (Å²) in [6.45, 7) is 2.76. The summed E-state index contributed by atoms with van der Waals surface area (Å²) in [5, 5.41) is 3.26. The Morgan fingerprint density at radius 2 is 2.05 bits per heavy atom. The van der Waals surface area contributed by atoms with Crippen LogP contribution < -0.4 is 5.32 Å². The molecule has 0 amide bonds. The van der Waals surface area contributed by atoms with Gasteiger partial charge in [-0.3, -0.25) is 4.79 Å². The van der Waals surface area contributed by atoms with Crippen molar-refractivity contribution in [2.75, 3.05) is 13.2 Å². The molecule has 3 nitrogen and oxygen atoms in total. The zero-order valence-electron chi connectivity index (χ0n) is 12.0. The summed E-state index contributed by atoms with van der Waals surface area (Å²) in [6.07, 6.45) is -0.572. The molecule has 0 bridgehead atoms. The molecular formula is C14H24F3NO2. The molecule has 1 aliphatic carbocycles. The Bertz CT molecular complexity index is 295. The minimum absolute atomic E-state index is 0.0589. The van der Waals surface area contributed by atoms with Crippen molar-refractivity contribution in [2.45, 2.75) is 64.1 Å². The first kappa shape index (κ1) is 17.3. The van der Waals surface area contributed by atoms with E-state index in [2.05, 4.69) is 5.32 Å². The van der Waals surface area contributed by atoms with Crippen LogP contribution in [0.25, 0.3) is 0 Å². The number of nitrogens with one attached hydrogen (secondary N) is 1. The minimum atomic E-state index is -4.06. The zero-order chi connectivity index (χ0) is 15.0. The number of hydrogen-bond donors (Lipinski definition) is 1. The highest BCUT2D eigenvalue weighted by Gasteiger charge is 2.28. The van der Waals surface area contributed by atoms with Crippen LogP contribution in [-0.2, 0) is 9.53 Å². The van der Waals surface area contributed by atoms with Crippen molar-refractivity contribution in [3.05, 3.63) is 0 Å². The van der Waals surface area contributed by atoms with Gasteiger partial charge in [0.25, 0.3) is 0 Å². The summed E-state index contributed by atoms with van der Waals surface area (Å²) in [7, 11) is 0. The van der Waals surface area contributed by atoms with Gasteiger partial charge < -0.3 is 10.1 Å². The molecule has 0 spiro atoms. The lowest BCUT2D eigenvalue weighted by atomic mass is 9.85. The van der Waals surface area contributed by atoms with Crippen LogP contribution in [0.15, 0.2) is 0 Å². The second-order valence-corrected chi connectivity index (χ2v) is 5.34. The average Bonchev–Trinajstić information content (AvgIpc) is 2.37. The van der Waals surface area contributed by atoms with Crippen LogP contribution in [0.1, 0.15) is 51.9 Å². The third-order valence-electron chi connectivity index (χ3n) is 3.61. The van der Waals surface area contributed by atoms with Gasteiger partial charge in [-0.2, -0.15) is 13.2 Å². The van der Waals surface area contributed by atoms with Crippen molar-refractivity contribution in [1.29, 1.82) is 0 Å². The Morgan fingerprint density at radius 1 is 1.30 bits per heavy atom. The van der Waals surface area contributed by atoms with Crippen molar-refractivity contribution >= 4 is 5.97 Å². The molecule has 0 aromatic rings. The van der Waals surface area contributed by atoms with Crippen LogP contribution >= 0.6 is 0 Å². The maximum Gasteiger partial charge on any atom is 0.389 e. The zero-order valence-corrected chi connectivity index (χ0v) is 12.0. The van der Waals surface area contributed by atoms with E-state index in [0.29, 0.717) is 19.6 Å². The number of rotatable bonds is 7. The van der Waals surface area contributed by atoms with E-state index in [1.165, 1.54) is 0 Å². The fourth-order valence-electron chi connectivity index (χ4n) is 2.61. The lowest BCUT2D eigenvalue weighted by Crippen LogP contribution is -2.37. The molecule has 1 N–H and O–H groups in total. The van der Waals surface area contributed by atoms with Crippen molar-refractivity contribution in [3.63, 3.8) is 0 Å². The highest BCUT2D eigenvalue weighted by molar-refractivity contribution is 5.72. The molecule has 0 aromatic carbocycles.